The van der Waals surface area contributed by atoms with Crippen molar-refractivity contribution < 1.29 is 0 Å². The van der Waals surface area contributed by atoms with Crippen LogP contribution in [-0.4, -0.2) is 9.78 Å². The molecule has 0 spiro atoms. The summed E-state index contributed by atoms with van der Waals surface area (Å²) in [6.45, 7) is 1.95. The minimum Gasteiger partial charge on any atom is -0.266 e. The first-order chi connectivity index (χ1) is 8.11. The van der Waals surface area contributed by atoms with Crippen molar-refractivity contribution in [1.82, 2.24) is 9.78 Å². The van der Waals surface area contributed by atoms with Gasteiger partial charge in [-0.25, -0.2) is 4.68 Å². The minimum atomic E-state index is -0.143. The second kappa shape index (κ2) is 5.14. The first-order valence-electron chi connectivity index (χ1n) is 5.09. The molecular weight excluding hydrogens is 348 g/mol. The standard InChI is InChI=1S/C12H10Br2N2O/c1-8(9-5-3-2-4-6-9)16-12(17)11(14)10(13)7-15-16/h2-8H,1H3. The lowest BCUT2D eigenvalue weighted by Gasteiger charge is -2.14. The van der Waals surface area contributed by atoms with Crippen LogP contribution in [0.5, 0.6) is 0 Å². The maximum atomic E-state index is 12.0. The molecular formula is C12H10Br2N2O. The predicted molar refractivity (Wildman–Crippen MR) is 74.2 cm³/mol. The number of hydrogen-bond donors (Lipinski definition) is 0. The Hall–Kier alpha value is -0.940. The van der Waals surface area contributed by atoms with Gasteiger partial charge in [0.2, 0.25) is 0 Å². The van der Waals surface area contributed by atoms with E-state index < -0.39 is 0 Å². The maximum absolute atomic E-state index is 12.0. The molecule has 0 aliphatic carbocycles. The summed E-state index contributed by atoms with van der Waals surface area (Å²) < 4.78 is 2.62. The SMILES string of the molecule is CC(c1ccccc1)n1ncc(Br)c(Br)c1=O. The van der Waals surface area contributed by atoms with Crippen molar-refractivity contribution in [3.63, 3.8) is 0 Å². The Morgan fingerprint density at radius 2 is 1.88 bits per heavy atom. The molecule has 0 saturated carbocycles. The average molecular weight is 358 g/mol. The molecule has 5 heteroatoms. The van der Waals surface area contributed by atoms with E-state index in [9.17, 15) is 4.79 Å². The van der Waals surface area contributed by atoms with Gasteiger partial charge in [0.05, 0.1) is 16.7 Å². The Balaban J connectivity index is 2.49. The van der Waals surface area contributed by atoms with Crippen molar-refractivity contribution in [1.29, 1.82) is 0 Å². The third-order valence-electron chi connectivity index (χ3n) is 2.55. The highest BCUT2D eigenvalue weighted by molar-refractivity contribution is 9.13. The molecule has 1 aromatic heterocycles. The summed E-state index contributed by atoms with van der Waals surface area (Å²) in [5.74, 6) is 0. The Morgan fingerprint density at radius 1 is 1.24 bits per heavy atom. The summed E-state index contributed by atoms with van der Waals surface area (Å²) in [4.78, 5) is 12.0. The lowest BCUT2D eigenvalue weighted by molar-refractivity contribution is 0.528. The van der Waals surface area contributed by atoms with Crippen LogP contribution in [-0.2, 0) is 0 Å². The van der Waals surface area contributed by atoms with Gasteiger partial charge in [-0.05, 0) is 44.3 Å². The van der Waals surface area contributed by atoms with Gasteiger partial charge < -0.3 is 0 Å². The molecule has 1 unspecified atom stereocenters. The van der Waals surface area contributed by atoms with Gasteiger partial charge in [-0.3, -0.25) is 4.79 Å². The van der Waals surface area contributed by atoms with Gasteiger partial charge in [-0.2, -0.15) is 5.10 Å². The summed E-state index contributed by atoms with van der Waals surface area (Å²) in [5.41, 5.74) is 0.909. The molecule has 0 amide bonds. The normalized spacial score (nSPS) is 12.4. The van der Waals surface area contributed by atoms with Crippen molar-refractivity contribution in [2.75, 3.05) is 0 Å². The van der Waals surface area contributed by atoms with Crippen molar-refractivity contribution in [3.8, 4) is 0 Å². The number of aromatic nitrogens is 2. The highest BCUT2D eigenvalue weighted by atomic mass is 79.9. The minimum absolute atomic E-state index is 0.0897. The van der Waals surface area contributed by atoms with Crippen LogP contribution in [0.1, 0.15) is 18.5 Å². The molecule has 0 bridgehead atoms. The van der Waals surface area contributed by atoms with Crippen LogP contribution in [0.25, 0.3) is 0 Å². The van der Waals surface area contributed by atoms with Crippen LogP contribution in [0.2, 0.25) is 0 Å². The van der Waals surface area contributed by atoms with E-state index in [1.807, 2.05) is 37.3 Å². The molecule has 2 aromatic rings. The van der Waals surface area contributed by atoms with Crippen LogP contribution in [0, 0.1) is 0 Å². The van der Waals surface area contributed by atoms with E-state index in [0.717, 1.165) is 5.56 Å². The molecule has 2 rings (SSSR count). The van der Waals surface area contributed by atoms with Crippen molar-refractivity contribution >= 4 is 31.9 Å². The molecule has 0 radical (unpaired) electrons. The summed E-state index contributed by atoms with van der Waals surface area (Å²) in [6, 6.07) is 9.72. The fourth-order valence-electron chi connectivity index (χ4n) is 1.57. The van der Waals surface area contributed by atoms with Gasteiger partial charge in [0.15, 0.2) is 0 Å². The van der Waals surface area contributed by atoms with E-state index in [1.165, 1.54) is 4.68 Å². The quantitative estimate of drug-likeness (QED) is 0.825. The zero-order valence-corrected chi connectivity index (χ0v) is 12.3. The predicted octanol–water partition coefficient (Wildman–Crippen LogP) is 3.38. The van der Waals surface area contributed by atoms with E-state index >= 15 is 0 Å². The van der Waals surface area contributed by atoms with Gasteiger partial charge in [-0.15, -0.1) is 0 Å². The largest absolute Gasteiger partial charge is 0.282 e. The highest BCUT2D eigenvalue weighted by Crippen LogP contribution is 2.20. The van der Waals surface area contributed by atoms with Gasteiger partial charge in [-0.1, -0.05) is 30.3 Å². The number of rotatable bonds is 2. The highest BCUT2D eigenvalue weighted by Gasteiger charge is 2.13. The molecule has 17 heavy (non-hydrogen) atoms. The molecule has 1 heterocycles. The lowest BCUT2D eigenvalue weighted by atomic mass is 10.1. The van der Waals surface area contributed by atoms with E-state index in [2.05, 4.69) is 37.0 Å². The molecule has 3 nitrogen and oxygen atoms in total. The van der Waals surface area contributed by atoms with E-state index in [-0.39, 0.29) is 11.6 Å². The second-order valence-corrected chi connectivity index (χ2v) is 5.29. The first-order valence-corrected chi connectivity index (χ1v) is 6.67. The number of nitrogens with zero attached hydrogens (tertiary/aromatic N) is 2. The Morgan fingerprint density at radius 3 is 2.53 bits per heavy atom. The van der Waals surface area contributed by atoms with Gasteiger partial charge in [0, 0.05) is 0 Å². The zero-order chi connectivity index (χ0) is 12.4. The van der Waals surface area contributed by atoms with Crippen LogP contribution in [0.3, 0.4) is 0 Å². The van der Waals surface area contributed by atoms with Gasteiger partial charge >= 0.3 is 0 Å². The molecule has 0 aliphatic heterocycles. The van der Waals surface area contributed by atoms with Crippen molar-refractivity contribution in [3.05, 3.63) is 61.4 Å². The molecule has 0 saturated heterocycles. The zero-order valence-electron chi connectivity index (χ0n) is 9.10. The first kappa shape index (κ1) is 12.5. The maximum Gasteiger partial charge on any atom is 0.282 e. The molecule has 0 N–H and O–H groups in total. The molecule has 0 aliphatic rings. The van der Waals surface area contributed by atoms with Crippen molar-refractivity contribution in [2.24, 2.45) is 0 Å². The number of benzene rings is 1. The van der Waals surface area contributed by atoms with Crippen LogP contribution in [0.15, 0.2) is 50.3 Å². The third kappa shape index (κ3) is 2.50. The van der Waals surface area contributed by atoms with Crippen LogP contribution >= 0.6 is 31.9 Å². The van der Waals surface area contributed by atoms with Gasteiger partial charge in [0.25, 0.3) is 5.56 Å². The Labute approximate surface area is 116 Å². The van der Waals surface area contributed by atoms with E-state index in [0.29, 0.717) is 8.95 Å². The fraction of sp³-hybridized carbons (Fsp3) is 0.167. The summed E-state index contributed by atoms with van der Waals surface area (Å²) in [5, 5.41) is 4.14. The van der Waals surface area contributed by atoms with Crippen LogP contribution < -0.4 is 5.56 Å². The molecule has 0 fully saturated rings. The van der Waals surface area contributed by atoms with Crippen molar-refractivity contribution in [2.45, 2.75) is 13.0 Å². The third-order valence-corrected chi connectivity index (χ3v) is 4.45. The lowest BCUT2D eigenvalue weighted by Crippen LogP contribution is -2.27. The Bertz CT molecular complexity index is 581. The average Bonchev–Trinajstić information content (AvgIpc) is 2.36. The molecule has 88 valence electrons. The molecule has 1 atom stereocenters. The summed E-state index contributed by atoms with van der Waals surface area (Å²) in [6.07, 6.45) is 1.62. The smallest absolute Gasteiger partial charge is 0.266 e. The fourth-order valence-corrected chi connectivity index (χ4v) is 2.12. The topological polar surface area (TPSA) is 34.9 Å². The van der Waals surface area contributed by atoms with E-state index in [4.69, 9.17) is 0 Å². The molecule has 1 aromatic carbocycles. The number of hydrogen-bond acceptors (Lipinski definition) is 2. The van der Waals surface area contributed by atoms with E-state index in [1.54, 1.807) is 6.20 Å². The van der Waals surface area contributed by atoms with Gasteiger partial charge in [0.1, 0.15) is 4.47 Å². The number of halogens is 2. The monoisotopic (exact) mass is 356 g/mol. The summed E-state index contributed by atoms with van der Waals surface area (Å²) >= 11 is 6.51. The van der Waals surface area contributed by atoms with Crippen LogP contribution in [0.4, 0.5) is 0 Å². The summed E-state index contributed by atoms with van der Waals surface area (Å²) in [7, 11) is 0. The Kier molecular flexibility index (Phi) is 3.79. The second-order valence-electron chi connectivity index (χ2n) is 3.64.